The topological polar surface area (TPSA) is 9.23 Å². The van der Waals surface area contributed by atoms with Crippen molar-refractivity contribution in [2.45, 2.75) is 26.4 Å². The minimum absolute atomic E-state index is 0. The average Bonchev–Trinajstić information content (AvgIpc) is 2.36. The maximum Gasteiger partial charge on any atom is 1.00 e. The van der Waals surface area contributed by atoms with Crippen LogP contribution in [0, 0.1) is 0 Å². The molecule has 0 saturated heterocycles. The molecule has 1 unspecified atom stereocenters. The Hall–Kier alpha value is -0.00870. The van der Waals surface area contributed by atoms with Gasteiger partial charge in [-0.1, -0.05) is 42.7 Å². The van der Waals surface area contributed by atoms with E-state index in [-0.39, 0.29) is 68.6 Å². The Kier molecular flexibility index (Phi) is 6.60. The van der Waals surface area contributed by atoms with E-state index in [0.29, 0.717) is 11.8 Å². The first-order chi connectivity index (χ1) is 8.93. The van der Waals surface area contributed by atoms with Crippen LogP contribution in [0.1, 0.15) is 20.3 Å². The van der Waals surface area contributed by atoms with Crippen molar-refractivity contribution < 1.29 is 69.1 Å². The van der Waals surface area contributed by atoms with Gasteiger partial charge in [-0.15, -0.1) is 0 Å². The first-order valence-corrected chi connectivity index (χ1v) is 6.31. The maximum atomic E-state index is 13.3. The van der Waals surface area contributed by atoms with Gasteiger partial charge in [0, 0.05) is 0 Å². The molecule has 2 aromatic rings. The first kappa shape index (κ1) is 18.0. The molecule has 0 radical (unpaired) electrons. The van der Waals surface area contributed by atoms with E-state index in [4.69, 9.17) is 4.74 Å². The molecular weight excluding hydrogens is 291 g/mol. The molecule has 0 heterocycles. The summed E-state index contributed by atoms with van der Waals surface area (Å²) in [7, 11) is 0. The smallest absolute Gasteiger partial charge is 0.494 e. The molecule has 0 N–H and O–H groups in total. The summed E-state index contributed by atoms with van der Waals surface area (Å²) in [5.74, 6) is -0.0689. The predicted molar refractivity (Wildman–Crippen MR) is 73.0 cm³/mol. The molecule has 2 aromatic carbocycles. The number of halogens is 3. The van der Waals surface area contributed by atoms with Crippen molar-refractivity contribution in [2.24, 2.45) is 0 Å². The van der Waals surface area contributed by atoms with E-state index in [9.17, 15) is 12.9 Å². The number of ether oxygens (including phenoxy) is 1. The molecule has 102 valence electrons. The minimum Gasteiger partial charge on any atom is -0.494 e. The predicted octanol–water partition coefficient (Wildman–Crippen LogP) is 1.08. The average molecular weight is 306 g/mol. The van der Waals surface area contributed by atoms with Crippen LogP contribution in [-0.2, 0) is 0 Å². The molecule has 20 heavy (non-hydrogen) atoms. The van der Waals surface area contributed by atoms with Crippen LogP contribution in [0.4, 0.5) is 12.9 Å². The van der Waals surface area contributed by atoms with Crippen molar-refractivity contribution in [2.75, 3.05) is 0 Å². The van der Waals surface area contributed by atoms with E-state index in [1.807, 2.05) is 6.92 Å². The minimum atomic E-state index is -5.11. The second-order valence-electron chi connectivity index (χ2n) is 4.61. The summed E-state index contributed by atoms with van der Waals surface area (Å²) in [4.78, 5) is 0. The fourth-order valence-corrected chi connectivity index (χ4v) is 2.02. The van der Waals surface area contributed by atoms with Gasteiger partial charge in [-0.2, -0.15) is 0 Å². The number of hydrogen-bond acceptors (Lipinski definition) is 1. The SMILES string of the molecule is CCC(C)Oc1ccc2ccccc2c1[B-](F)(F)F.[K+]. The normalized spacial score (nSPS) is 12.8. The van der Waals surface area contributed by atoms with Crippen LogP contribution in [0.5, 0.6) is 5.75 Å². The Morgan fingerprint density at radius 1 is 1.10 bits per heavy atom. The van der Waals surface area contributed by atoms with Crippen molar-refractivity contribution in [3.63, 3.8) is 0 Å². The molecule has 0 aliphatic heterocycles. The standard InChI is InChI=1S/C14H15BF3O.K/c1-3-10(2)19-13-9-8-11-6-4-5-7-12(11)14(13)15(16,17)18;/h4-10H,3H2,1-2H3;/q-1;+1. The van der Waals surface area contributed by atoms with Crippen LogP contribution >= 0.6 is 0 Å². The van der Waals surface area contributed by atoms with Gasteiger partial charge >= 0.3 is 58.4 Å². The molecule has 0 aliphatic rings. The second kappa shape index (κ2) is 7.31. The maximum absolute atomic E-state index is 13.3. The summed E-state index contributed by atoms with van der Waals surface area (Å²) in [5.41, 5.74) is -0.626. The Bertz CT molecular complexity index is 586. The Morgan fingerprint density at radius 3 is 2.35 bits per heavy atom. The van der Waals surface area contributed by atoms with Crippen molar-refractivity contribution in [3.8, 4) is 5.75 Å². The van der Waals surface area contributed by atoms with Gasteiger partial charge in [0.05, 0.1) is 11.9 Å². The number of benzene rings is 2. The van der Waals surface area contributed by atoms with Gasteiger partial charge in [0.2, 0.25) is 0 Å². The fraction of sp³-hybridized carbons (Fsp3) is 0.286. The third-order valence-corrected chi connectivity index (χ3v) is 3.16. The van der Waals surface area contributed by atoms with Gasteiger partial charge in [0.15, 0.2) is 0 Å². The molecule has 6 heteroatoms. The monoisotopic (exact) mass is 306 g/mol. The van der Waals surface area contributed by atoms with Crippen LogP contribution in [0.2, 0.25) is 0 Å². The third-order valence-electron chi connectivity index (χ3n) is 3.16. The molecule has 0 spiro atoms. The Balaban J connectivity index is 0.00000200. The van der Waals surface area contributed by atoms with Crippen molar-refractivity contribution in [1.82, 2.24) is 0 Å². The molecule has 1 atom stereocenters. The van der Waals surface area contributed by atoms with Gasteiger partial charge in [0.1, 0.15) is 0 Å². The van der Waals surface area contributed by atoms with Crippen molar-refractivity contribution >= 4 is 23.2 Å². The summed E-state index contributed by atoms with van der Waals surface area (Å²) in [6.45, 7) is -1.47. The molecule has 0 aliphatic carbocycles. The number of hydrogen-bond donors (Lipinski definition) is 0. The summed E-state index contributed by atoms with van der Waals surface area (Å²) in [6, 6.07) is 9.58. The van der Waals surface area contributed by atoms with Crippen LogP contribution in [0.25, 0.3) is 10.8 Å². The Morgan fingerprint density at radius 2 is 1.75 bits per heavy atom. The fourth-order valence-electron chi connectivity index (χ4n) is 2.02. The zero-order valence-corrected chi connectivity index (χ0v) is 15.0. The van der Waals surface area contributed by atoms with Crippen LogP contribution in [-0.4, -0.2) is 13.1 Å². The Labute approximate surface area is 159 Å². The summed E-state index contributed by atoms with van der Waals surface area (Å²) in [6.07, 6.45) is 0.426. The molecule has 0 aromatic heterocycles. The quantitative estimate of drug-likeness (QED) is 0.768. The van der Waals surface area contributed by atoms with Gasteiger partial charge in [-0.25, -0.2) is 0 Å². The molecule has 0 saturated carbocycles. The third kappa shape index (κ3) is 4.01. The van der Waals surface area contributed by atoms with E-state index in [1.54, 1.807) is 31.2 Å². The largest absolute Gasteiger partial charge is 1.00 e. The van der Waals surface area contributed by atoms with E-state index in [0.717, 1.165) is 0 Å². The molecule has 0 fully saturated rings. The summed E-state index contributed by atoms with van der Waals surface area (Å²) < 4.78 is 45.4. The van der Waals surface area contributed by atoms with Gasteiger partial charge in [0.25, 0.3) is 0 Å². The van der Waals surface area contributed by atoms with Crippen LogP contribution < -0.4 is 61.6 Å². The second-order valence-corrected chi connectivity index (χ2v) is 4.61. The van der Waals surface area contributed by atoms with Gasteiger partial charge in [-0.05, 0) is 30.2 Å². The molecule has 1 nitrogen and oxygen atoms in total. The number of rotatable bonds is 4. The molecule has 2 rings (SSSR count). The molecular formula is C14H15BF3KO. The van der Waals surface area contributed by atoms with E-state index in [1.165, 1.54) is 12.1 Å². The van der Waals surface area contributed by atoms with Crippen molar-refractivity contribution in [3.05, 3.63) is 36.4 Å². The van der Waals surface area contributed by atoms with E-state index < -0.39 is 12.4 Å². The van der Waals surface area contributed by atoms with Crippen LogP contribution in [0.15, 0.2) is 36.4 Å². The summed E-state index contributed by atoms with van der Waals surface area (Å²) >= 11 is 0. The zero-order valence-electron chi connectivity index (χ0n) is 11.9. The summed E-state index contributed by atoms with van der Waals surface area (Å²) in [5, 5.41) is 0.781. The zero-order chi connectivity index (χ0) is 14.0. The van der Waals surface area contributed by atoms with E-state index >= 15 is 0 Å². The van der Waals surface area contributed by atoms with Crippen molar-refractivity contribution in [1.29, 1.82) is 0 Å². The number of fused-ring (bicyclic) bond motifs is 1. The first-order valence-electron chi connectivity index (χ1n) is 6.31. The molecule has 0 bridgehead atoms. The van der Waals surface area contributed by atoms with Gasteiger partial charge < -0.3 is 17.7 Å². The van der Waals surface area contributed by atoms with E-state index in [2.05, 4.69) is 0 Å². The van der Waals surface area contributed by atoms with Gasteiger partial charge in [-0.3, -0.25) is 0 Å². The van der Waals surface area contributed by atoms with Crippen LogP contribution in [0.3, 0.4) is 0 Å². The molecule has 0 amide bonds.